The lowest BCUT2D eigenvalue weighted by Gasteiger charge is -2.34. The van der Waals surface area contributed by atoms with Crippen molar-refractivity contribution in [1.82, 2.24) is 20.0 Å². The van der Waals surface area contributed by atoms with E-state index in [2.05, 4.69) is 10.2 Å². The Balaban J connectivity index is 0.000000243. The minimum absolute atomic E-state index is 0.170. The normalized spacial score (nSPS) is 17.4. The number of halogens is 4. The molecule has 2 heterocycles. The van der Waals surface area contributed by atoms with Crippen LogP contribution in [0, 0.1) is 29.2 Å². The Morgan fingerprint density at radius 1 is 0.589 bits per heavy atom. The van der Waals surface area contributed by atoms with Crippen LogP contribution in [0.25, 0.3) is 12.2 Å². The van der Waals surface area contributed by atoms with E-state index in [0.717, 1.165) is 74.5 Å². The van der Waals surface area contributed by atoms with Crippen molar-refractivity contribution in [1.29, 1.82) is 0 Å². The summed E-state index contributed by atoms with van der Waals surface area (Å²) in [4.78, 5) is 33.7. The molecular weight excluding hydrogens is 945 g/mol. The van der Waals surface area contributed by atoms with Gasteiger partial charge in [-0.2, -0.15) is 0 Å². The quantitative estimate of drug-likeness (QED) is 0.0859. The summed E-state index contributed by atoms with van der Waals surface area (Å²) in [6, 6.07) is 14.0. The smallest absolute Gasteiger partial charge is 0.254 e. The lowest BCUT2D eigenvalue weighted by Crippen LogP contribution is -2.45. The molecular formula is C57H72F4N4O8. The minimum Gasteiger partial charge on any atom is -0.493 e. The van der Waals surface area contributed by atoms with Crippen molar-refractivity contribution in [3.8, 4) is 34.5 Å². The molecule has 73 heavy (non-hydrogen) atoms. The predicted molar refractivity (Wildman–Crippen MR) is 276 cm³/mol. The van der Waals surface area contributed by atoms with Gasteiger partial charge in [0, 0.05) is 79.2 Å². The molecule has 1 saturated carbocycles. The molecule has 2 amide bonds. The topological polar surface area (TPSA) is 111 Å². The van der Waals surface area contributed by atoms with E-state index in [1.54, 1.807) is 41.3 Å². The summed E-state index contributed by atoms with van der Waals surface area (Å²) in [7, 11) is 9.07. The van der Waals surface area contributed by atoms with E-state index < -0.39 is 23.3 Å². The highest BCUT2D eigenvalue weighted by Gasteiger charge is 2.32. The highest BCUT2D eigenvalue weighted by Crippen LogP contribution is 2.40. The predicted octanol–water partition coefficient (Wildman–Crippen LogP) is 10.9. The SMILES string of the molecule is COc1cc(C(=O)N(C/C(C)=C/c2ccc(F)cc2F)CC2CCCN2)cc(OC)c1OC.COc1cc(C(=O)N(C/C(C)=C/c2ccc(F)cc2F)C[C@H]2CCCN2CC2CCCCC2)cc(OC)c1OC. The van der Waals surface area contributed by atoms with Crippen LogP contribution in [0.2, 0.25) is 0 Å². The molecule has 396 valence electrons. The van der Waals surface area contributed by atoms with Crippen LogP contribution in [-0.2, 0) is 0 Å². The first kappa shape index (κ1) is 56.0. The Kier molecular flexibility index (Phi) is 20.8. The maximum atomic E-state index is 14.4. The van der Waals surface area contributed by atoms with Gasteiger partial charge in [-0.3, -0.25) is 14.5 Å². The van der Waals surface area contributed by atoms with Gasteiger partial charge >= 0.3 is 0 Å². The monoisotopic (exact) mass is 1020 g/mol. The molecule has 3 fully saturated rings. The zero-order valence-corrected chi connectivity index (χ0v) is 43.6. The summed E-state index contributed by atoms with van der Waals surface area (Å²) in [5.41, 5.74) is 2.93. The molecule has 3 aliphatic rings. The van der Waals surface area contributed by atoms with Crippen molar-refractivity contribution in [2.45, 2.75) is 83.7 Å². The second kappa shape index (κ2) is 27.2. The number of amides is 2. The van der Waals surface area contributed by atoms with Gasteiger partial charge in [-0.15, -0.1) is 0 Å². The van der Waals surface area contributed by atoms with Gasteiger partial charge in [0.15, 0.2) is 23.0 Å². The average Bonchev–Trinajstić information content (AvgIpc) is 4.08. The number of nitrogens with zero attached hydrogens (tertiary/aromatic N) is 3. The number of likely N-dealkylation sites (tertiary alicyclic amines) is 1. The second-order valence-corrected chi connectivity index (χ2v) is 19.1. The molecule has 1 unspecified atom stereocenters. The van der Waals surface area contributed by atoms with Crippen LogP contribution in [0.15, 0.2) is 71.8 Å². The van der Waals surface area contributed by atoms with Crippen molar-refractivity contribution in [2.24, 2.45) is 5.92 Å². The molecule has 2 aliphatic heterocycles. The summed E-state index contributed by atoms with van der Waals surface area (Å²) in [5.74, 6) is 0.234. The number of benzene rings is 4. The Labute approximate surface area is 428 Å². The molecule has 4 aromatic carbocycles. The van der Waals surface area contributed by atoms with E-state index >= 15 is 0 Å². The molecule has 12 nitrogen and oxygen atoms in total. The molecule has 1 aliphatic carbocycles. The first-order chi connectivity index (χ1) is 35.2. The number of carbonyl (C=O) groups excluding carboxylic acids is 2. The molecule has 4 aromatic rings. The van der Waals surface area contributed by atoms with Crippen LogP contribution in [-0.4, -0.2) is 127 Å². The first-order valence-electron chi connectivity index (χ1n) is 25.1. The highest BCUT2D eigenvalue weighted by molar-refractivity contribution is 5.96. The van der Waals surface area contributed by atoms with Gasteiger partial charge in [-0.25, -0.2) is 17.6 Å². The van der Waals surface area contributed by atoms with Gasteiger partial charge in [0.1, 0.15) is 23.3 Å². The standard InChI is InChI=1S/C32H42F2N2O4.C25H30F2N2O4/c1-22(15-24-12-13-26(33)18-28(24)34)19-36(21-27-11-8-14-35(27)20-23-9-6-5-7-10-23)32(37)25-16-29(38-2)31(40-4)30(17-25)39-3;1-16(10-17-7-8-19(26)13-21(17)27)14-29(15-20-6-5-9-28-20)25(30)18-11-22(31-2)24(33-4)23(12-18)32-3/h12-13,15-18,23,27H,5-11,14,19-21H2,1-4H3;7-8,10-13,20,28H,5-6,9,14-15H2,1-4H3/b22-15+;16-10+/t27-;/m1./s1. The van der Waals surface area contributed by atoms with Crippen molar-refractivity contribution in [3.63, 3.8) is 0 Å². The third-order valence-electron chi connectivity index (χ3n) is 13.8. The van der Waals surface area contributed by atoms with E-state index in [-0.39, 0.29) is 36.0 Å². The molecule has 16 heteroatoms. The van der Waals surface area contributed by atoms with Crippen LogP contribution in [0.4, 0.5) is 17.6 Å². The second-order valence-electron chi connectivity index (χ2n) is 19.1. The maximum Gasteiger partial charge on any atom is 0.254 e. The molecule has 0 radical (unpaired) electrons. The Morgan fingerprint density at radius 2 is 1.05 bits per heavy atom. The Morgan fingerprint density at radius 3 is 1.47 bits per heavy atom. The lowest BCUT2D eigenvalue weighted by molar-refractivity contribution is 0.0708. The maximum absolute atomic E-state index is 14.4. The fourth-order valence-corrected chi connectivity index (χ4v) is 10.2. The van der Waals surface area contributed by atoms with Gasteiger partial charge in [-0.1, -0.05) is 42.6 Å². The van der Waals surface area contributed by atoms with Crippen molar-refractivity contribution >= 4 is 24.0 Å². The average molecular weight is 1020 g/mol. The minimum atomic E-state index is -0.644. The lowest BCUT2D eigenvalue weighted by atomic mass is 9.89. The first-order valence-corrected chi connectivity index (χ1v) is 25.1. The number of rotatable bonds is 20. The van der Waals surface area contributed by atoms with Gasteiger partial charge in [0.05, 0.1) is 42.7 Å². The molecule has 0 aromatic heterocycles. The molecule has 0 spiro atoms. The number of nitrogens with one attached hydrogen (secondary N) is 1. The summed E-state index contributed by atoms with van der Waals surface area (Å²) in [5, 5.41) is 3.41. The van der Waals surface area contributed by atoms with E-state index in [9.17, 15) is 27.2 Å². The van der Waals surface area contributed by atoms with Gasteiger partial charge < -0.3 is 43.5 Å². The van der Waals surface area contributed by atoms with Gasteiger partial charge in [0.25, 0.3) is 11.8 Å². The van der Waals surface area contributed by atoms with Gasteiger partial charge in [-0.05, 0) is 120 Å². The number of hydrogen-bond donors (Lipinski definition) is 1. The molecule has 1 N–H and O–H groups in total. The number of hydrogen-bond acceptors (Lipinski definition) is 10. The summed E-state index contributed by atoms with van der Waals surface area (Å²) in [6.07, 6.45) is 14.0. The van der Waals surface area contributed by atoms with Crippen molar-refractivity contribution < 1.29 is 55.6 Å². The fraction of sp³-hybridized carbons (Fsp3) is 0.474. The van der Waals surface area contributed by atoms with Gasteiger partial charge in [0.2, 0.25) is 11.5 Å². The highest BCUT2D eigenvalue weighted by atomic mass is 19.1. The fourth-order valence-electron chi connectivity index (χ4n) is 10.2. The van der Waals surface area contributed by atoms with Crippen LogP contribution in [0.1, 0.15) is 103 Å². The molecule has 2 atom stereocenters. The Hall–Kier alpha value is -6.26. The number of carbonyl (C=O) groups is 2. The zero-order chi connectivity index (χ0) is 52.6. The Bertz CT molecular complexity index is 2510. The summed E-state index contributed by atoms with van der Waals surface area (Å²) < 4.78 is 87.8. The number of methoxy groups -OCH3 is 6. The van der Waals surface area contributed by atoms with Crippen LogP contribution in [0.3, 0.4) is 0 Å². The van der Waals surface area contributed by atoms with E-state index in [1.165, 1.54) is 99.0 Å². The third kappa shape index (κ3) is 15.2. The zero-order valence-electron chi connectivity index (χ0n) is 43.6. The van der Waals surface area contributed by atoms with Crippen LogP contribution in [0.5, 0.6) is 34.5 Å². The largest absolute Gasteiger partial charge is 0.493 e. The summed E-state index contributed by atoms with van der Waals surface area (Å²) in [6.45, 7) is 8.35. The third-order valence-corrected chi connectivity index (χ3v) is 13.8. The van der Waals surface area contributed by atoms with E-state index in [4.69, 9.17) is 28.4 Å². The molecule has 7 rings (SSSR count). The molecule has 2 saturated heterocycles. The number of ether oxygens (including phenoxy) is 6. The van der Waals surface area contributed by atoms with E-state index in [0.29, 0.717) is 70.8 Å². The van der Waals surface area contributed by atoms with Crippen molar-refractivity contribution in [2.75, 3.05) is 88.5 Å². The molecule has 0 bridgehead atoms. The summed E-state index contributed by atoms with van der Waals surface area (Å²) >= 11 is 0. The van der Waals surface area contributed by atoms with Crippen LogP contribution < -0.4 is 33.7 Å². The van der Waals surface area contributed by atoms with Crippen molar-refractivity contribution in [3.05, 3.63) is 117 Å². The van der Waals surface area contributed by atoms with Crippen LogP contribution >= 0.6 is 0 Å². The van der Waals surface area contributed by atoms with E-state index in [1.807, 2.05) is 18.7 Å².